The van der Waals surface area contributed by atoms with Crippen molar-refractivity contribution in [3.63, 3.8) is 0 Å². The number of aryl methyl sites for hydroxylation is 1. The van der Waals surface area contributed by atoms with Gasteiger partial charge in [0, 0.05) is 17.9 Å². The molecule has 26 heavy (non-hydrogen) atoms. The van der Waals surface area contributed by atoms with E-state index in [0.29, 0.717) is 11.7 Å². The number of nitrogens with zero attached hydrogens (tertiary/aromatic N) is 1. The first kappa shape index (κ1) is 24.0. The van der Waals surface area contributed by atoms with Crippen LogP contribution in [-0.4, -0.2) is 35.9 Å². The molecular formula is C22H33NO3. The molecule has 4 nitrogen and oxygen atoms in total. The minimum absolute atomic E-state index is 0.0249. The maximum absolute atomic E-state index is 11.3. The number of benzene rings is 1. The van der Waals surface area contributed by atoms with Gasteiger partial charge in [0.05, 0.1) is 18.4 Å². The molecule has 1 aromatic rings. The Balaban J connectivity index is 0.000000648. The van der Waals surface area contributed by atoms with Crippen molar-refractivity contribution in [1.82, 2.24) is 0 Å². The molecule has 1 saturated heterocycles. The first-order chi connectivity index (χ1) is 12.4. The lowest BCUT2D eigenvalue weighted by molar-refractivity contribution is -0.0516. The molecule has 0 amide bonds. The Kier molecular flexibility index (Phi) is 12.3. The summed E-state index contributed by atoms with van der Waals surface area (Å²) in [4.78, 5) is 15.8. The second-order valence-electron chi connectivity index (χ2n) is 6.32. The van der Waals surface area contributed by atoms with Gasteiger partial charge in [-0.25, -0.2) is 0 Å². The molecule has 1 aliphatic rings. The second-order valence-corrected chi connectivity index (χ2v) is 6.32. The predicted octanol–water partition coefficient (Wildman–Crippen LogP) is 4.74. The zero-order valence-electron chi connectivity index (χ0n) is 16.8. The van der Waals surface area contributed by atoms with Gasteiger partial charge in [-0.15, -0.1) is 12.8 Å². The Bertz CT molecular complexity index is 598. The number of rotatable bonds is 6. The maximum Gasteiger partial charge on any atom is 0.159 e. The molecule has 0 saturated carbocycles. The van der Waals surface area contributed by atoms with Gasteiger partial charge >= 0.3 is 0 Å². The van der Waals surface area contributed by atoms with Crippen molar-refractivity contribution in [3.8, 4) is 12.8 Å². The average Bonchev–Trinajstić information content (AvgIpc) is 2.61. The minimum Gasteiger partial charge on any atom is -0.390 e. The number of aliphatic imine (C=N–C) groups is 1. The van der Waals surface area contributed by atoms with Crippen LogP contribution in [-0.2, 0) is 4.74 Å². The summed E-state index contributed by atoms with van der Waals surface area (Å²) in [5, 5.41) is 9.34. The lowest BCUT2D eigenvalue weighted by Crippen LogP contribution is -2.25. The van der Waals surface area contributed by atoms with Gasteiger partial charge in [0.1, 0.15) is 0 Å². The van der Waals surface area contributed by atoms with E-state index in [1.165, 1.54) is 12.8 Å². The Morgan fingerprint density at radius 3 is 2.31 bits per heavy atom. The molecular weight excluding hydrogens is 326 g/mol. The summed E-state index contributed by atoms with van der Waals surface area (Å²) in [7, 11) is 0. The van der Waals surface area contributed by atoms with Crippen LogP contribution < -0.4 is 0 Å². The topological polar surface area (TPSA) is 58.9 Å². The number of hydrogen-bond donors (Lipinski definition) is 1. The van der Waals surface area contributed by atoms with Crippen LogP contribution in [0.25, 0.3) is 0 Å². The fraction of sp³-hybridized carbons (Fsp3) is 0.545. The van der Waals surface area contributed by atoms with Crippen LogP contribution in [0.3, 0.4) is 0 Å². The highest BCUT2D eigenvalue weighted by atomic mass is 16.5. The van der Waals surface area contributed by atoms with Crippen molar-refractivity contribution in [2.45, 2.75) is 60.0 Å². The second kappa shape index (κ2) is 13.3. The van der Waals surface area contributed by atoms with E-state index < -0.39 is 0 Å². The normalized spacial score (nSPS) is 16.9. The lowest BCUT2D eigenvalue weighted by Gasteiger charge is -2.24. The van der Waals surface area contributed by atoms with Crippen LogP contribution in [0, 0.1) is 25.7 Å². The van der Waals surface area contributed by atoms with E-state index in [-0.39, 0.29) is 18.3 Å². The third-order valence-corrected chi connectivity index (χ3v) is 4.46. The summed E-state index contributed by atoms with van der Waals surface area (Å²) >= 11 is 0. The highest BCUT2D eigenvalue weighted by Gasteiger charge is 2.14. The molecule has 1 aliphatic heterocycles. The van der Waals surface area contributed by atoms with Gasteiger partial charge in [0.2, 0.25) is 0 Å². The Labute approximate surface area is 158 Å². The number of Topliss-reactive ketones (excluding diaryl/α,β-unsaturated/α-hetero) is 1. The number of hydrogen-bond acceptors (Lipinski definition) is 4. The molecule has 2 unspecified atom stereocenters. The van der Waals surface area contributed by atoms with E-state index in [2.05, 4.69) is 31.7 Å². The summed E-state index contributed by atoms with van der Waals surface area (Å²) < 4.78 is 5.08. The van der Waals surface area contributed by atoms with E-state index in [0.717, 1.165) is 30.0 Å². The smallest absolute Gasteiger partial charge is 0.159 e. The zero-order valence-corrected chi connectivity index (χ0v) is 16.8. The van der Waals surface area contributed by atoms with Crippen molar-refractivity contribution in [1.29, 1.82) is 0 Å². The average molecular weight is 360 g/mol. The standard InChI is InChI=1S/C15H21NO2.C5H10O.C2H2/c1-5-10(2)15(9-17)16-14-7-6-13(12(4)18)8-11(14)3;1-2-5-3-4-6-5;1-2/h6-8,10,17H,5,9H2,1-4H3;5H,2-4H2,1H3;1-2H. The molecule has 0 spiro atoms. The van der Waals surface area contributed by atoms with Gasteiger partial charge in [-0.1, -0.05) is 20.8 Å². The quantitative estimate of drug-likeness (QED) is 0.453. The molecule has 0 bridgehead atoms. The SMILES string of the molecule is C#C.CCC(C)C(CO)=Nc1ccc(C(C)=O)cc1C.CCC1CCO1. The Morgan fingerprint density at radius 2 is 2.00 bits per heavy atom. The van der Waals surface area contributed by atoms with E-state index in [4.69, 9.17) is 4.74 Å². The summed E-state index contributed by atoms with van der Waals surface area (Å²) in [5.41, 5.74) is 3.26. The fourth-order valence-electron chi connectivity index (χ4n) is 2.30. The molecule has 4 heteroatoms. The van der Waals surface area contributed by atoms with E-state index in [1.54, 1.807) is 13.0 Å². The third-order valence-electron chi connectivity index (χ3n) is 4.46. The molecule has 0 aliphatic carbocycles. The van der Waals surface area contributed by atoms with Crippen LogP contribution in [0.1, 0.15) is 62.9 Å². The number of ketones is 1. The fourth-order valence-corrected chi connectivity index (χ4v) is 2.30. The van der Waals surface area contributed by atoms with Crippen LogP contribution >= 0.6 is 0 Å². The van der Waals surface area contributed by atoms with Gasteiger partial charge < -0.3 is 9.84 Å². The lowest BCUT2D eigenvalue weighted by atomic mass is 10.0. The number of terminal acetylenes is 1. The Hall–Kier alpha value is -1.96. The summed E-state index contributed by atoms with van der Waals surface area (Å²) in [6, 6.07) is 5.46. The summed E-state index contributed by atoms with van der Waals surface area (Å²) in [6.45, 7) is 10.7. The molecule has 2 atom stereocenters. The van der Waals surface area contributed by atoms with Gasteiger partial charge in [-0.2, -0.15) is 0 Å². The van der Waals surface area contributed by atoms with Gasteiger partial charge in [0.15, 0.2) is 5.78 Å². The van der Waals surface area contributed by atoms with Gasteiger partial charge in [-0.3, -0.25) is 9.79 Å². The maximum atomic E-state index is 11.3. The van der Waals surface area contributed by atoms with Crippen LogP contribution in [0.2, 0.25) is 0 Å². The van der Waals surface area contributed by atoms with Crippen molar-refractivity contribution >= 4 is 17.2 Å². The highest BCUT2D eigenvalue weighted by molar-refractivity contribution is 5.95. The molecule has 1 N–H and O–H groups in total. The van der Waals surface area contributed by atoms with Crippen LogP contribution in [0.4, 0.5) is 5.69 Å². The first-order valence-corrected chi connectivity index (χ1v) is 9.17. The highest BCUT2D eigenvalue weighted by Crippen LogP contribution is 2.22. The summed E-state index contributed by atoms with van der Waals surface area (Å²) in [6.07, 6.45) is 12.0. The van der Waals surface area contributed by atoms with E-state index in [1.807, 2.05) is 26.0 Å². The van der Waals surface area contributed by atoms with Gasteiger partial charge in [0.25, 0.3) is 0 Å². The van der Waals surface area contributed by atoms with E-state index >= 15 is 0 Å². The molecule has 0 aromatic heterocycles. The van der Waals surface area contributed by atoms with Crippen molar-refractivity contribution < 1.29 is 14.6 Å². The molecule has 1 aromatic carbocycles. The predicted molar refractivity (Wildman–Crippen MR) is 109 cm³/mol. The molecule has 1 heterocycles. The third kappa shape index (κ3) is 7.95. The number of aliphatic hydroxyl groups is 1. The molecule has 144 valence electrons. The summed E-state index contributed by atoms with van der Waals surface area (Å²) in [5.74, 6) is 0.319. The van der Waals surface area contributed by atoms with E-state index in [9.17, 15) is 9.90 Å². The van der Waals surface area contributed by atoms with Crippen LogP contribution in [0.5, 0.6) is 0 Å². The monoisotopic (exact) mass is 359 g/mol. The minimum atomic E-state index is -0.0249. The number of ether oxygens (including phenoxy) is 1. The number of carbonyl (C=O) groups is 1. The molecule has 2 rings (SSSR count). The largest absolute Gasteiger partial charge is 0.390 e. The van der Waals surface area contributed by atoms with Gasteiger partial charge in [-0.05, 0) is 62.8 Å². The first-order valence-electron chi connectivity index (χ1n) is 9.17. The molecule has 1 fully saturated rings. The van der Waals surface area contributed by atoms with Crippen molar-refractivity contribution in [3.05, 3.63) is 29.3 Å². The number of aliphatic hydroxyl groups excluding tert-OH is 1. The van der Waals surface area contributed by atoms with Crippen molar-refractivity contribution in [2.75, 3.05) is 13.2 Å². The Morgan fingerprint density at radius 1 is 1.38 bits per heavy atom. The van der Waals surface area contributed by atoms with Crippen LogP contribution in [0.15, 0.2) is 23.2 Å². The van der Waals surface area contributed by atoms with Crippen molar-refractivity contribution in [2.24, 2.45) is 10.9 Å². The zero-order chi connectivity index (χ0) is 20.1. The number of carbonyl (C=O) groups excluding carboxylic acids is 1. The molecule has 0 radical (unpaired) electrons.